The lowest BCUT2D eigenvalue weighted by atomic mass is 9.87. The highest BCUT2D eigenvalue weighted by Gasteiger charge is 2.16. The van der Waals surface area contributed by atoms with Crippen LogP contribution in [0, 0.1) is 5.92 Å². The van der Waals surface area contributed by atoms with E-state index in [-0.39, 0.29) is 5.91 Å². The number of imidazole rings is 1. The highest BCUT2D eigenvalue weighted by molar-refractivity contribution is 5.91. The molecule has 1 N–H and O–H groups in total. The Morgan fingerprint density at radius 1 is 1.03 bits per heavy atom. The maximum absolute atomic E-state index is 12.3. The molecule has 0 aliphatic heterocycles. The summed E-state index contributed by atoms with van der Waals surface area (Å²) in [6.07, 6.45) is 11.4. The summed E-state index contributed by atoms with van der Waals surface area (Å²) in [6.45, 7) is 1.41. The topological polar surface area (TPSA) is 46.9 Å². The molecule has 4 rings (SSSR count). The number of hydrogen-bond acceptors (Lipinski definition) is 2. The Bertz CT molecular complexity index is 968. The largest absolute Gasteiger partial charge is 0.345 e. The molecule has 1 aliphatic carbocycles. The van der Waals surface area contributed by atoms with Gasteiger partial charge in [-0.1, -0.05) is 74.6 Å². The van der Waals surface area contributed by atoms with Gasteiger partial charge in [-0.15, -0.1) is 0 Å². The highest BCUT2D eigenvalue weighted by atomic mass is 16.1. The van der Waals surface area contributed by atoms with E-state index in [4.69, 9.17) is 4.98 Å². The molecule has 4 nitrogen and oxygen atoms in total. The minimum Gasteiger partial charge on any atom is -0.345 e. The Labute approximate surface area is 172 Å². The lowest BCUT2D eigenvalue weighted by Gasteiger charge is -2.22. The maximum Gasteiger partial charge on any atom is 0.244 e. The fourth-order valence-electron chi connectivity index (χ4n) is 4.26. The van der Waals surface area contributed by atoms with Crippen LogP contribution in [0.2, 0.25) is 0 Å². The third-order valence-corrected chi connectivity index (χ3v) is 5.87. The molecule has 1 fully saturated rings. The van der Waals surface area contributed by atoms with Crippen molar-refractivity contribution in [3.8, 4) is 0 Å². The van der Waals surface area contributed by atoms with Crippen molar-refractivity contribution in [3.63, 3.8) is 0 Å². The zero-order valence-electron chi connectivity index (χ0n) is 16.9. The van der Waals surface area contributed by atoms with Crippen molar-refractivity contribution in [1.82, 2.24) is 14.9 Å². The average Bonchev–Trinajstić information content (AvgIpc) is 3.14. The van der Waals surface area contributed by atoms with E-state index in [9.17, 15) is 4.79 Å². The second-order valence-corrected chi connectivity index (χ2v) is 7.92. The SMILES string of the molecule is O=C(/C=C\c1ccccc1)NCc1nc2ccccc2n1CCC1CCCCC1. The predicted octanol–water partition coefficient (Wildman–Crippen LogP) is 5.34. The molecule has 1 saturated carbocycles. The van der Waals surface area contributed by atoms with Crippen LogP contribution in [-0.4, -0.2) is 15.5 Å². The van der Waals surface area contributed by atoms with E-state index < -0.39 is 0 Å². The average molecular weight is 388 g/mol. The van der Waals surface area contributed by atoms with Gasteiger partial charge in [-0.05, 0) is 36.1 Å². The number of nitrogens with one attached hydrogen (secondary N) is 1. The van der Waals surface area contributed by atoms with Crippen LogP contribution in [0.15, 0.2) is 60.7 Å². The molecular formula is C25H29N3O. The Morgan fingerprint density at radius 3 is 2.62 bits per heavy atom. The Balaban J connectivity index is 1.43. The monoisotopic (exact) mass is 387 g/mol. The second kappa shape index (κ2) is 9.55. The van der Waals surface area contributed by atoms with Crippen LogP contribution in [0.1, 0.15) is 49.9 Å². The molecule has 29 heavy (non-hydrogen) atoms. The van der Waals surface area contributed by atoms with Crippen molar-refractivity contribution in [2.75, 3.05) is 0 Å². The van der Waals surface area contributed by atoms with Gasteiger partial charge in [0.25, 0.3) is 0 Å². The summed E-state index contributed by atoms with van der Waals surface area (Å²) in [7, 11) is 0. The van der Waals surface area contributed by atoms with Crippen LogP contribution in [-0.2, 0) is 17.9 Å². The maximum atomic E-state index is 12.3. The van der Waals surface area contributed by atoms with Gasteiger partial charge in [-0.25, -0.2) is 4.98 Å². The normalized spacial score (nSPS) is 15.2. The lowest BCUT2D eigenvalue weighted by Crippen LogP contribution is -2.23. The first-order valence-corrected chi connectivity index (χ1v) is 10.7. The molecule has 2 aromatic carbocycles. The van der Waals surface area contributed by atoms with Crippen LogP contribution in [0.25, 0.3) is 17.1 Å². The van der Waals surface area contributed by atoms with Crippen LogP contribution >= 0.6 is 0 Å². The highest BCUT2D eigenvalue weighted by Crippen LogP contribution is 2.27. The van der Waals surface area contributed by atoms with E-state index >= 15 is 0 Å². The third kappa shape index (κ3) is 5.14. The first kappa shape index (κ1) is 19.4. The molecule has 0 spiro atoms. The molecule has 4 heteroatoms. The fourth-order valence-corrected chi connectivity index (χ4v) is 4.26. The number of nitrogens with zero attached hydrogens (tertiary/aromatic N) is 2. The number of benzene rings is 2. The molecule has 0 radical (unpaired) electrons. The van der Waals surface area contributed by atoms with E-state index in [1.54, 1.807) is 6.08 Å². The lowest BCUT2D eigenvalue weighted by molar-refractivity contribution is -0.116. The zero-order chi connectivity index (χ0) is 19.9. The van der Waals surface area contributed by atoms with Crippen molar-refractivity contribution in [2.24, 2.45) is 5.92 Å². The van der Waals surface area contributed by atoms with Crippen molar-refractivity contribution >= 4 is 23.0 Å². The van der Waals surface area contributed by atoms with Gasteiger partial charge >= 0.3 is 0 Å². The van der Waals surface area contributed by atoms with E-state index in [1.165, 1.54) is 38.5 Å². The molecule has 1 aromatic heterocycles. The Morgan fingerprint density at radius 2 is 1.79 bits per heavy atom. The molecule has 1 amide bonds. The van der Waals surface area contributed by atoms with Crippen molar-refractivity contribution in [2.45, 2.75) is 51.6 Å². The number of carbonyl (C=O) groups excluding carboxylic acids is 1. The number of hydrogen-bond donors (Lipinski definition) is 1. The number of para-hydroxylation sites is 2. The molecule has 0 bridgehead atoms. The molecule has 3 aromatic rings. The van der Waals surface area contributed by atoms with Crippen molar-refractivity contribution < 1.29 is 4.79 Å². The van der Waals surface area contributed by atoms with Gasteiger partial charge in [0.2, 0.25) is 5.91 Å². The quantitative estimate of drug-likeness (QED) is 0.557. The summed E-state index contributed by atoms with van der Waals surface area (Å²) < 4.78 is 2.30. The van der Waals surface area contributed by atoms with Gasteiger partial charge < -0.3 is 9.88 Å². The molecule has 0 unspecified atom stereocenters. The van der Waals surface area contributed by atoms with Crippen molar-refractivity contribution in [3.05, 3.63) is 72.1 Å². The predicted molar refractivity (Wildman–Crippen MR) is 118 cm³/mol. The third-order valence-electron chi connectivity index (χ3n) is 5.87. The van der Waals surface area contributed by atoms with Gasteiger partial charge in [0, 0.05) is 12.6 Å². The molecule has 1 aliphatic rings. The summed E-state index contributed by atoms with van der Waals surface area (Å²) >= 11 is 0. The number of fused-ring (bicyclic) bond motifs is 1. The van der Waals surface area contributed by atoms with E-state index in [2.05, 4.69) is 22.0 Å². The van der Waals surface area contributed by atoms with Gasteiger partial charge in [0.15, 0.2) is 0 Å². The number of rotatable bonds is 7. The molecule has 1 heterocycles. The summed E-state index contributed by atoms with van der Waals surface area (Å²) in [5.74, 6) is 1.66. The molecule has 150 valence electrons. The summed E-state index contributed by atoms with van der Waals surface area (Å²) in [6, 6.07) is 18.1. The van der Waals surface area contributed by atoms with Gasteiger partial charge in [-0.2, -0.15) is 0 Å². The van der Waals surface area contributed by atoms with Crippen LogP contribution in [0.5, 0.6) is 0 Å². The number of aryl methyl sites for hydroxylation is 1. The first-order valence-electron chi connectivity index (χ1n) is 10.7. The number of amides is 1. The van der Waals surface area contributed by atoms with Crippen LogP contribution in [0.4, 0.5) is 0 Å². The van der Waals surface area contributed by atoms with E-state index in [0.717, 1.165) is 34.9 Å². The minimum absolute atomic E-state index is 0.0975. The smallest absolute Gasteiger partial charge is 0.244 e. The molecule has 0 saturated heterocycles. The fraction of sp³-hybridized carbons (Fsp3) is 0.360. The van der Waals surface area contributed by atoms with E-state index in [1.807, 2.05) is 48.5 Å². The molecular weight excluding hydrogens is 358 g/mol. The van der Waals surface area contributed by atoms with Gasteiger partial charge in [0.05, 0.1) is 17.6 Å². The standard InChI is InChI=1S/C25H29N3O/c29-25(16-15-20-9-3-1-4-10-20)26-19-24-27-22-13-7-8-14-23(22)28(24)18-17-21-11-5-2-6-12-21/h1,3-4,7-10,13-16,21H,2,5-6,11-12,17-19H2,(H,26,29)/b16-15-. The Kier molecular flexibility index (Phi) is 6.40. The number of carbonyl (C=O) groups is 1. The van der Waals surface area contributed by atoms with Gasteiger partial charge in [-0.3, -0.25) is 4.79 Å². The zero-order valence-corrected chi connectivity index (χ0v) is 16.9. The second-order valence-electron chi connectivity index (χ2n) is 7.92. The minimum atomic E-state index is -0.0975. The summed E-state index contributed by atoms with van der Waals surface area (Å²) in [5.41, 5.74) is 3.18. The number of aromatic nitrogens is 2. The van der Waals surface area contributed by atoms with Crippen molar-refractivity contribution in [1.29, 1.82) is 0 Å². The van der Waals surface area contributed by atoms with Gasteiger partial charge in [0.1, 0.15) is 5.82 Å². The van der Waals surface area contributed by atoms with Crippen LogP contribution < -0.4 is 5.32 Å². The summed E-state index contributed by atoms with van der Waals surface area (Å²) in [5, 5.41) is 3.00. The first-order chi connectivity index (χ1) is 14.3. The van der Waals surface area contributed by atoms with Crippen LogP contribution in [0.3, 0.4) is 0 Å². The van der Waals surface area contributed by atoms with E-state index in [0.29, 0.717) is 6.54 Å². The summed E-state index contributed by atoms with van der Waals surface area (Å²) in [4.78, 5) is 17.1. The Hall–Kier alpha value is -2.88. The molecule has 0 atom stereocenters.